The van der Waals surface area contributed by atoms with Crippen LogP contribution < -0.4 is 29.1 Å². The van der Waals surface area contributed by atoms with Crippen LogP contribution >= 0.6 is 38.9 Å². The molecule has 41 heavy (non-hydrogen) atoms. The summed E-state index contributed by atoms with van der Waals surface area (Å²) >= 11 is 11.2. The third-order valence-corrected chi connectivity index (χ3v) is 7.90. The van der Waals surface area contributed by atoms with Crippen LogP contribution in [0.5, 0.6) is 17.2 Å². The van der Waals surface area contributed by atoms with E-state index in [0.29, 0.717) is 59.5 Å². The number of allylic oxidation sites excluding steroid dienone is 1. The van der Waals surface area contributed by atoms with Crippen molar-refractivity contribution in [2.75, 3.05) is 20.3 Å². The first-order valence-electron chi connectivity index (χ1n) is 12.9. The molecule has 0 radical (unpaired) electrons. The van der Waals surface area contributed by atoms with Crippen molar-refractivity contribution >= 4 is 50.9 Å². The highest BCUT2D eigenvalue weighted by molar-refractivity contribution is 9.10. The molecule has 1 aromatic heterocycles. The van der Waals surface area contributed by atoms with E-state index in [1.165, 1.54) is 15.9 Å². The molecule has 0 saturated carbocycles. The van der Waals surface area contributed by atoms with Crippen molar-refractivity contribution in [3.63, 3.8) is 0 Å². The molecule has 1 aliphatic rings. The number of esters is 1. The van der Waals surface area contributed by atoms with E-state index in [-0.39, 0.29) is 23.8 Å². The van der Waals surface area contributed by atoms with Crippen LogP contribution in [0.25, 0.3) is 6.08 Å². The molecular formula is C30H30BrClN2O6S. The highest BCUT2D eigenvalue weighted by Crippen LogP contribution is 2.37. The number of halogens is 2. The number of hydrogen-bond acceptors (Lipinski definition) is 8. The topological polar surface area (TPSA) is 88.3 Å². The summed E-state index contributed by atoms with van der Waals surface area (Å²) in [5.74, 6) is 0.980. The lowest BCUT2D eigenvalue weighted by molar-refractivity contribution is -0.139. The summed E-state index contributed by atoms with van der Waals surface area (Å²) in [5.41, 5.74) is 1.77. The van der Waals surface area contributed by atoms with Crippen LogP contribution in [0.3, 0.4) is 0 Å². The van der Waals surface area contributed by atoms with Gasteiger partial charge in [-0.15, -0.1) is 0 Å². The average molecular weight is 662 g/mol. The number of benzene rings is 2. The normalized spacial score (nSPS) is 14.9. The lowest BCUT2D eigenvalue weighted by atomic mass is 9.95. The molecule has 4 rings (SSSR count). The van der Waals surface area contributed by atoms with Crippen molar-refractivity contribution in [2.24, 2.45) is 4.99 Å². The van der Waals surface area contributed by atoms with Crippen molar-refractivity contribution in [1.82, 2.24) is 4.57 Å². The molecule has 1 aliphatic heterocycles. The third-order valence-electron chi connectivity index (χ3n) is 6.05. The van der Waals surface area contributed by atoms with Crippen LogP contribution in [0.2, 0.25) is 5.02 Å². The van der Waals surface area contributed by atoms with Gasteiger partial charge in [0.2, 0.25) is 0 Å². The van der Waals surface area contributed by atoms with E-state index in [4.69, 9.17) is 30.5 Å². The zero-order valence-electron chi connectivity index (χ0n) is 23.3. The Bertz CT molecular complexity index is 1690. The first kappa shape index (κ1) is 30.6. The molecule has 0 bridgehead atoms. The van der Waals surface area contributed by atoms with E-state index < -0.39 is 12.0 Å². The van der Waals surface area contributed by atoms with E-state index >= 15 is 0 Å². The molecule has 2 aromatic carbocycles. The van der Waals surface area contributed by atoms with E-state index in [1.807, 2.05) is 26.0 Å². The van der Waals surface area contributed by atoms with Crippen molar-refractivity contribution in [1.29, 1.82) is 0 Å². The van der Waals surface area contributed by atoms with Gasteiger partial charge >= 0.3 is 5.97 Å². The predicted octanol–water partition coefficient (Wildman–Crippen LogP) is 5.57. The minimum atomic E-state index is -0.792. The largest absolute Gasteiger partial charge is 0.493 e. The first-order valence-corrected chi connectivity index (χ1v) is 14.8. The number of rotatable bonds is 10. The number of methoxy groups -OCH3 is 1. The summed E-state index contributed by atoms with van der Waals surface area (Å²) in [7, 11) is 1.54. The number of carbonyl (C=O) groups is 1. The fourth-order valence-corrected chi connectivity index (χ4v) is 6.44. The Morgan fingerprint density at radius 1 is 1.27 bits per heavy atom. The number of nitrogens with zero attached hydrogens (tertiary/aromatic N) is 2. The highest BCUT2D eigenvalue weighted by Gasteiger charge is 2.34. The first-order chi connectivity index (χ1) is 19.6. The van der Waals surface area contributed by atoms with Crippen molar-refractivity contribution in [3.05, 3.63) is 94.6 Å². The van der Waals surface area contributed by atoms with Gasteiger partial charge in [0, 0.05) is 0 Å². The minimum absolute atomic E-state index is 0.0687. The average Bonchev–Trinajstić information content (AvgIpc) is 3.21. The smallest absolute Gasteiger partial charge is 0.338 e. The molecule has 2 heterocycles. The maximum absolute atomic E-state index is 14.0. The van der Waals surface area contributed by atoms with Crippen LogP contribution in [0.1, 0.15) is 44.9 Å². The Balaban J connectivity index is 1.91. The summed E-state index contributed by atoms with van der Waals surface area (Å²) in [4.78, 5) is 32.2. The molecule has 1 atom stereocenters. The molecule has 11 heteroatoms. The SMILES string of the molecule is C=CCOc1c(Cl)cc(/C=c2\sc3n(c2=O)[C@H](c2ccc(OC(C)C)c(OC)c2)C(C(=O)OCC)=C(C)N=3)cc1Br. The number of ether oxygens (including phenoxy) is 4. The van der Waals surface area contributed by atoms with Gasteiger partial charge in [-0.2, -0.15) is 0 Å². The zero-order chi connectivity index (χ0) is 29.8. The van der Waals surface area contributed by atoms with E-state index in [2.05, 4.69) is 27.5 Å². The summed E-state index contributed by atoms with van der Waals surface area (Å²) in [6, 6.07) is 8.11. The van der Waals surface area contributed by atoms with Gasteiger partial charge in [0.1, 0.15) is 6.61 Å². The maximum atomic E-state index is 14.0. The van der Waals surface area contributed by atoms with Crippen LogP contribution in [0.15, 0.2) is 68.5 Å². The number of carbonyl (C=O) groups excluding carboxylic acids is 1. The molecule has 0 spiro atoms. The standard InChI is InChI=1S/C30H30BrClN2O6S/c1-7-11-39-27-20(31)12-18(13-21(27)32)14-24-28(35)34-26(19-9-10-22(40-16(3)4)23(15-19)37-6)25(29(36)38-8-2)17(5)33-30(34)41-24/h7,9-10,12-16,26H,1,8,11H2,2-6H3/b24-14-/t26-/m1/s1. The lowest BCUT2D eigenvalue weighted by Gasteiger charge is -2.25. The summed E-state index contributed by atoms with van der Waals surface area (Å²) < 4.78 is 25.1. The monoisotopic (exact) mass is 660 g/mol. The molecule has 0 amide bonds. The van der Waals surface area contributed by atoms with Gasteiger partial charge in [0.05, 0.1) is 51.2 Å². The Labute approximate surface area is 255 Å². The minimum Gasteiger partial charge on any atom is -0.493 e. The van der Waals surface area contributed by atoms with Gasteiger partial charge in [-0.1, -0.05) is 41.7 Å². The molecule has 3 aromatic rings. The molecule has 0 fully saturated rings. The van der Waals surface area contributed by atoms with Gasteiger partial charge in [-0.05, 0) is 85.1 Å². The maximum Gasteiger partial charge on any atom is 0.338 e. The second-order valence-electron chi connectivity index (χ2n) is 9.29. The van der Waals surface area contributed by atoms with Gasteiger partial charge < -0.3 is 18.9 Å². The van der Waals surface area contributed by atoms with Crippen LogP contribution in [0, 0.1) is 0 Å². The Kier molecular flexibility index (Phi) is 9.78. The van der Waals surface area contributed by atoms with Gasteiger partial charge in [0.15, 0.2) is 22.0 Å². The molecule has 216 valence electrons. The summed E-state index contributed by atoms with van der Waals surface area (Å²) in [6.07, 6.45) is 3.29. The fraction of sp³-hybridized carbons (Fsp3) is 0.300. The Morgan fingerprint density at radius 3 is 2.66 bits per heavy atom. The van der Waals surface area contributed by atoms with Crippen molar-refractivity contribution in [2.45, 2.75) is 39.8 Å². The molecular weight excluding hydrogens is 632 g/mol. The van der Waals surface area contributed by atoms with Crippen molar-refractivity contribution in [3.8, 4) is 17.2 Å². The zero-order valence-corrected chi connectivity index (χ0v) is 26.5. The summed E-state index contributed by atoms with van der Waals surface area (Å²) in [5, 5.41) is 0.384. The fourth-order valence-electron chi connectivity index (χ4n) is 4.41. The molecule has 0 unspecified atom stereocenters. The van der Waals surface area contributed by atoms with Gasteiger partial charge in [0.25, 0.3) is 5.56 Å². The molecule has 8 nitrogen and oxygen atoms in total. The number of fused-ring (bicyclic) bond motifs is 1. The molecule has 0 aliphatic carbocycles. The lowest BCUT2D eigenvalue weighted by Crippen LogP contribution is -2.40. The Hall–Kier alpha value is -3.34. The molecule has 0 saturated heterocycles. The quantitative estimate of drug-likeness (QED) is 0.209. The number of hydrogen-bond donors (Lipinski definition) is 0. The second kappa shape index (κ2) is 13.1. The van der Waals surface area contributed by atoms with Gasteiger partial charge in [-0.3, -0.25) is 9.36 Å². The predicted molar refractivity (Wildman–Crippen MR) is 164 cm³/mol. The van der Waals surface area contributed by atoms with Gasteiger partial charge in [-0.25, -0.2) is 9.79 Å². The van der Waals surface area contributed by atoms with Crippen LogP contribution in [0.4, 0.5) is 0 Å². The van der Waals surface area contributed by atoms with E-state index in [0.717, 1.165) is 0 Å². The third kappa shape index (κ3) is 6.45. The number of aromatic nitrogens is 1. The summed E-state index contributed by atoms with van der Waals surface area (Å²) in [6.45, 7) is 11.4. The van der Waals surface area contributed by atoms with E-state index in [1.54, 1.807) is 51.3 Å². The molecule has 0 N–H and O–H groups in total. The second-order valence-corrected chi connectivity index (χ2v) is 11.6. The van der Waals surface area contributed by atoms with Crippen LogP contribution in [-0.2, 0) is 9.53 Å². The number of thiazole rings is 1. The highest BCUT2D eigenvalue weighted by atomic mass is 79.9. The van der Waals surface area contributed by atoms with Crippen molar-refractivity contribution < 1.29 is 23.7 Å². The Morgan fingerprint density at radius 2 is 2.02 bits per heavy atom. The van der Waals surface area contributed by atoms with Crippen LogP contribution in [-0.4, -0.2) is 37.0 Å². The van der Waals surface area contributed by atoms with E-state index in [9.17, 15) is 9.59 Å².